The quantitative estimate of drug-likeness (QED) is 0.658. The average Bonchev–Trinajstić information content (AvgIpc) is 3.08. The molecule has 0 atom stereocenters. The first-order valence-corrected chi connectivity index (χ1v) is 8.72. The van der Waals surface area contributed by atoms with E-state index >= 15 is 0 Å². The van der Waals surface area contributed by atoms with Gasteiger partial charge in [-0.05, 0) is 24.6 Å². The van der Waals surface area contributed by atoms with Gasteiger partial charge >= 0.3 is 6.18 Å². The van der Waals surface area contributed by atoms with Crippen LogP contribution in [0.4, 0.5) is 19.0 Å². The fourth-order valence-electron chi connectivity index (χ4n) is 2.60. The molecular formula is C17H14Cl2F3N5O. The van der Waals surface area contributed by atoms with Gasteiger partial charge in [0.1, 0.15) is 10.7 Å². The molecule has 28 heavy (non-hydrogen) atoms. The lowest BCUT2D eigenvalue weighted by atomic mass is 10.2. The van der Waals surface area contributed by atoms with E-state index in [4.69, 9.17) is 23.2 Å². The number of halogens is 5. The molecule has 0 aliphatic heterocycles. The summed E-state index contributed by atoms with van der Waals surface area (Å²) in [6.45, 7) is 2.22. The van der Waals surface area contributed by atoms with Crippen LogP contribution in [-0.4, -0.2) is 25.5 Å². The van der Waals surface area contributed by atoms with Gasteiger partial charge in [0.05, 0.1) is 6.54 Å². The second-order valence-electron chi connectivity index (χ2n) is 6.04. The normalized spacial score (nSPS) is 11.7. The molecule has 1 amide bonds. The third kappa shape index (κ3) is 4.15. The first-order chi connectivity index (χ1) is 13.1. The second kappa shape index (κ2) is 7.48. The minimum Gasteiger partial charge on any atom is -0.304 e. The number of aromatic nitrogens is 4. The third-order valence-electron chi connectivity index (χ3n) is 3.94. The van der Waals surface area contributed by atoms with Gasteiger partial charge in [0.2, 0.25) is 0 Å². The number of alkyl halides is 3. The van der Waals surface area contributed by atoms with Gasteiger partial charge < -0.3 is 5.32 Å². The van der Waals surface area contributed by atoms with Crippen LogP contribution in [0, 0.1) is 6.92 Å². The van der Waals surface area contributed by atoms with Crippen LogP contribution < -0.4 is 5.32 Å². The van der Waals surface area contributed by atoms with Crippen LogP contribution in [0.5, 0.6) is 0 Å². The summed E-state index contributed by atoms with van der Waals surface area (Å²) >= 11 is 11.6. The Morgan fingerprint density at radius 3 is 2.39 bits per heavy atom. The van der Waals surface area contributed by atoms with Crippen molar-refractivity contribution in [3.05, 3.63) is 63.0 Å². The van der Waals surface area contributed by atoms with E-state index < -0.39 is 28.5 Å². The summed E-state index contributed by atoms with van der Waals surface area (Å²) in [5, 5.41) is 9.86. The maximum absolute atomic E-state index is 12.9. The summed E-state index contributed by atoms with van der Waals surface area (Å²) in [6.07, 6.45) is -4.76. The van der Waals surface area contributed by atoms with Crippen molar-refractivity contribution in [2.75, 3.05) is 5.32 Å². The lowest BCUT2D eigenvalue weighted by Gasteiger charge is -2.05. The monoisotopic (exact) mass is 431 g/mol. The van der Waals surface area contributed by atoms with Crippen LogP contribution in [0.25, 0.3) is 0 Å². The zero-order valence-corrected chi connectivity index (χ0v) is 16.2. The number of hydrogen-bond donors (Lipinski definition) is 1. The largest absolute Gasteiger partial charge is 0.436 e. The average molecular weight is 432 g/mol. The van der Waals surface area contributed by atoms with Crippen LogP contribution in [0.1, 0.15) is 27.4 Å². The topological polar surface area (TPSA) is 64.7 Å². The Morgan fingerprint density at radius 1 is 1.18 bits per heavy atom. The molecule has 0 aliphatic carbocycles. The van der Waals surface area contributed by atoms with E-state index in [2.05, 4.69) is 15.5 Å². The highest BCUT2D eigenvalue weighted by atomic mass is 35.5. The number of benzene rings is 1. The molecule has 0 radical (unpaired) electrons. The molecule has 148 valence electrons. The van der Waals surface area contributed by atoms with Crippen molar-refractivity contribution in [2.45, 2.75) is 19.6 Å². The molecular weight excluding hydrogens is 418 g/mol. The highest BCUT2D eigenvalue weighted by Crippen LogP contribution is 2.35. The van der Waals surface area contributed by atoms with E-state index in [1.807, 2.05) is 12.1 Å². The van der Waals surface area contributed by atoms with Gasteiger partial charge in [-0.1, -0.05) is 35.3 Å². The molecule has 0 saturated carbocycles. The van der Waals surface area contributed by atoms with Crippen molar-refractivity contribution in [1.29, 1.82) is 0 Å². The highest BCUT2D eigenvalue weighted by molar-refractivity contribution is 6.34. The summed E-state index contributed by atoms with van der Waals surface area (Å²) in [5.41, 5.74) is -0.0273. The van der Waals surface area contributed by atoms with E-state index in [-0.39, 0.29) is 5.82 Å². The van der Waals surface area contributed by atoms with Gasteiger partial charge in [0.25, 0.3) is 5.91 Å². The van der Waals surface area contributed by atoms with E-state index in [0.717, 1.165) is 15.9 Å². The molecule has 0 unspecified atom stereocenters. The first kappa shape index (κ1) is 20.2. The van der Waals surface area contributed by atoms with Gasteiger partial charge in [0.15, 0.2) is 11.5 Å². The molecule has 3 rings (SSSR count). The Hall–Kier alpha value is -2.52. The highest BCUT2D eigenvalue weighted by Gasteiger charge is 2.39. The standard InChI is InChI=1S/C17H14Cl2F3N5O/c1-9-7-12(24-27(9)8-10-3-5-11(18)6-4-10)23-16(28)14-13(19)15(17(20,21)22)25-26(14)2/h3-7H,8H2,1-2H3,(H,23,24,28). The first-order valence-electron chi connectivity index (χ1n) is 7.96. The number of hydrogen-bond acceptors (Lipinski definition) is 3. The van der Waals surface area contributed by atoms with Crippen LogP contribution >= 0.6 is 23.2 Å². The summed E-state index contributed by atoms with van der Waals surface area (Å²) in [7, 11) is 1.21. The Kier molecular flexibility index (Phi) is 5.40. The molecule has 1 N–H and O–H groups in total. The molecule has 0 saturated heterocycles. The Labute approximate surface area is 167 Å². The molecule has 11 heteroatoms. The fraction of sp³-hybridized carbons (Fsp3) is 0.235. The molecule has 0 fully saturated rings. The van der Waals surface area contributed by atoms with E-state index in [0.29, 0.717) is 11.6 Å². The molecule has 6 nitrogen and oxygen atoms in total. The van der Waals surface area contributed by atoms with Gasteiger partial charge in [0, 0.05) is 23.8 Å². The zero-order chi connectivity index (χ0) is 20.6. The van der Waals surface area contributed by atoms with Crippen molar-refractivity contribution in [2.24, 2.45) is 7.05 Å². The van der Waals surface area contributed by atoms with Crippen LogP contribution in [0.3, 0.4) is 0 Å². The number of rotatable bonds is 4. The van der Waals surface area contributed by atoms with Crippen molar-refractivity contribution in [1.82, 2.24) is 19.6 Å². The zero-order valence-electron chi connectivity index (χ0n) is 14.7. The van der Waals surface area contributed by atoms with E-state index in [9.17, 15) is 18.0 Å². The van der Waals surface area contributed by atoms with Crippen molar-refractivity contribution >= 4 is 34.9 Å². The Balaban J connectivity index is 1.80. The number of nitrogens with one attached hydrogen (secondary N) is 1. The van der Waals surface area contributed by atoms with Crippen LogP contribution in [0.15, 0.2) is 30.3 Å². The van der Waals surface area contributed by atoms with Gasteiger partial charge in [-0.2, -0.15) is 23.4 Å². The lowest BCUT2D eigenvalue weighted by molar-refractivity contribution is -0.141. The van der Waals surface area contributed by atoms with Gasteiger partial charge in [-0.15, -0.1) is 0 Å². The smallest absolute Gasteiger partial charge is 0.304 e. The maximum atomic E-state index is 12.9. The molecule has 0 spiro atoms. The Morgan fingerprint density at radius 2 is 1.82 bits per heavy atom. The summed E-state index contributed by atoms with van der Waals surface area (Å²) in [6, 6.07) is 8.79. The maximum Gasteiger partial charge on any atom is 0.436 e. The SMILES string of the molecule is Cc1cc(NC(=O)c2c(Cl)c(C(F)(F)F)nn2C)nn1Cc1ccc(Cl)cc1. The molecule has 1 aromatic carbocycles. The van der Waals surface area contributed by atoms with Crippen LogP contribution in [-0.2, 0) is 19.8 Å². The predicted molar refractivity (Wildman–Crippen MR) is 98.7 cm³/mol. The third-order valence-corrected chi connectivity index (χ3v) is 4.55. The summed E-state index contributed by atoms with van der Waals surface area (Å²) in [5.74, 6) is -0.658. The number of anilines is 1. The predicted octanol–water partition coefficient (Wildman–Crippen LogP) is 4.55. The van der Waals surface area contributed by atoms with Crippen molar-refractivity contribution in [3.8, 4) is 0 Å². The van der Waals surface area contributed by atoms with E-state index in [1.165, 1.54) is 7.05 Å². The van der Waals surface area contributed by atoms with Gasteiger partial charge in [-0.25, -0.2) is 0 Å². The number of nitrogens with zero attached hydrogens (tertiary/aromatic N) is 4. The summed E-state index contributed by atoms with van der Waals surface area (Å²) < 4.78 is 41.1. The molecule has 3 aromatic rings. The molecule has 2 aromatic heterocycles. The molecule has 0 bridgehead atoms. The number of carbonyl (C=O) groups excluding carboxylic acids is 1. The number of carbonyl (C=O) groups is 1. The second-order valence-corrected chi connectivity index (χ2v) is 6.86. The van der Waals surface area contributed by atoms with Crippen molar-refractivity contribution < 1.29 is 18.0 Å². The fourth-order valence-corrected chi connectivity index (χ4v) is 3.07. The molecule has 0 aliphatic rings. The number of amides is 1. The minimum absolute atomic E-state index is 0.183. The minimum atomic E-state index is -4.76. The lowest BCUT2D eigenvalue weighted by Crippen LogP contribution is -2.17. The van der Waals surface area contributed by atoms with Gasteiger partial charge in [-0.3, -0.25) is 14.2 Å². The van der Waals surface area contributed by atoms with E-state index in [1.54, 1.807) is 29.8 Å². The van der Waals surface area contributed by atoms with Crippen LogP contribution in [0.2, 0.25) is 10.0 Å². The van der Waals surface area contributed by atoms with Crippen molar-refractivity contribution in [3.63, 3.8) is 0 Å². The molecule has 2 heterocycles. The summed E-state index contributed by atoms with van der Waals surface area (Å²) in [4.78, 5) is 12.4. The number of aryl methyl sites for hydroxylation is 2. The Bertz CT molecular complexity index is 1020.